The van der Waals surface area contributed by atoms with Crippen LogP contribution in [-0.2, 0) is 6.54 Å². The minimum atomic E-state index is -0.151. The third-order valence-corrected chi connectivity index (χ3v) is 5.74. The van der Waals surface area contributed by atoms with E-state index in [1.165, 1.54) is 0 Å². The van der Waals surface area contributed by atoms with E-state index in [1.54, 1.807) is 0 Å². The summed E-state index contributed by atoms with van der Waals surface area (Å²) < 4.78 is 7.27. The van der Waals surface area contributed by atoms with E-state index in [4.69, 9.17) is 4.52 Å². The predicted molar refractivity (Wildman–Crippen MR) is 113 cm³/mol. The molecule has 0 bridgehead atoms. The van der Waals surface area contributed by atoms with Crippen LogP contribution in [0.3, 0.4) is 0 Å². The topological polar surface area (TPSA) is 85.8 Å². The largest absolute Gasteiger partial charge is 0.348 e. The molecule has 1 fully saturated rings. The van der Waals surface area contributed by atoms with Crippen molar-refractivity contribution in [2.45, 2.75) is 46.1 Å². The Morgan fingerprint density at radius 2 is 1.93 bits per heavy atom. The lowest BCUT2D eigenvalue weighted by Gasteiger charge is -2.09. The molecule has 1 N–H and O–H groups in total. The highest BCUT2D eigenvalue weighted by atomic mass is 16.5. The molecule has 1 saturated carbocycles. The van der Waals surface area contributed by atoms with Crippen molar-refractivity contribution in [3.63, 3.8) is 0 Å². The van der Waals surface area contributed by atoms with Gasteiger partial charge in [0.1, 0.15) is 0 Å². The highest BCUT2D eigenvalue weighted by Gasteiger charge is 2.28. The van der Waals surface area contributed by atoms with Crippen molar-refractivity contribution in [1.29, 1.82) is 0 Å². The van der Waals surface area contributed by atoms with E-state index in [2.05, 4.69) is 20.6 Å². The van der Waals surface area contributed by atoms with Gasteiger partial charge in [-0.2, -0.15) is 5.10 Å². The molecule has 152 valence electrons. The van der Waals surface area contributed by atoms with Crippen molar-refractivity contribution in [2.24, 2.45) is 0 Å². The molecule has 5 rings (SSSR count). The number of amides is 1. The molecule has 0 radical (unpaired) electrons. The smallest absolute Gasteiger partial charge is 0.259 e. The van der Waals surface area contributed by atoms with E-state index in [9.17, 15) is 4.79 Å². The Kier molecular flexibility index (Phi) is 4.38. The van der Waals surface area contributed by atoms with Gasteiger partial charge in [0.05, 0.1) is 28.0 Å². The third kappa shape index (κ3) is 3.16. The van der Waals surface area contributed by atoms with Gasteiger partial charge in [0.2, 0.25) is 0 Å². The van der Waals surface area contributed by atoms with Crippen LogP contribution in [0.1, 0.15) is 57.5 Å². The lowest BCUT2D eigenvalue weighted by atomic mass is 10.1. The van der Waals surface area contributed by atoms with Gasteiger partial charge in [0, 0.05) is 29.4 Å². The Bertz CT molecular complexity index is 1250. The van der Waals surface area contributed by atoms with Gasteiger partial charge in [-0.3, -0.25) is 4.79 Å². The zero-order valence-corrected chi connectivity index (χ0v) is 17.3. The van der Waals surface area contributed by atoms with Crippen LogP contribution in [-0.4, -0.2) is 25.8 Å². The lowest BCUT2D eigenvalue weighted by Crippen LogP contribution is -2.24. The number of rotatable bonds is 5. The summed E-state index contributed by atoms with van der Waals surface area (Å²) in [6.45, 7) is 6.22. The van der Waals surface area contributed by atoms with Crippen LogP contribution in [0.4, 0.5) is 0 Å². The summed E-state index contributed by atoms with van der Waals surface area (Å²) in [6.07, 6.45) is 2.20. The summed E-state index contributed by atoms with van der Waals surface area (Å²) in [5.41, 5.74) is 6.53. The Morgan fingerprint density at radius 3 is 2.67 bits per heavy atom. The molecular weight excluding hydrogens is 378 g/mol. The van der Waals surface area contributed by atoms with Crippen LogP contribution in [0, 0.1) is 20.8 Å². The third-order valence-electron chi connectivity index (χ3n) is 5.74. The fraction of sp³-hybridized carbons (Fsp3) is 0.304. The fourth-order valence-electron chi connectivity index (χ4n) is 3.90. The second-order valence-corrected chi connectivity index (χ2v) is 7.90. The predicted octanol–water partition coefficient (Wildman–Crippen LogP) is 4.14. The summed E-state index contributed by atoms with van der Waals surface area (Å²) in [4.78, 5) is 17.7. The van der Waals surface area contributed by atoms with Gasteiger partial charge in [0.15, 0.2) is 0 Å². The molecule has 0 aliphatic heterocycles. The van der Waals surface area contributed by atoms with E-state index in [1.807, 2.05) is 61.9 Å². The Labute approximate surface area is 174 Å². The number of hydrogen-bond donors (Lipinski definition) is 1. The monoisotopic (exact) mass is 401 g/mol. The zero-order chi connectivity index (χ0) is 20.8. The average Bonchev–Trinajstić information content (AvgIpc) is 3.49. The molecule has 30 heavy (non-hydrogen) atoms. The van der Waals surface area contributed by atoms with Crippen molar-refractivity contribution >= 4 is 17.0 Å². The van der Waals surface area contributed by atoms with Crippen LogP contribution in [0.15, 0.2) is 40.9 Å². The molecule has 3 aromatic heterocycles. The van der Waals surface area contributed by atoms with Crippen molar-refractivity contribution in [1.82, 2.24) is 25.2 Å². The summed E-state index contributed by atoms with van der Waals surface area (Å²) >= 11 is 0. The minimum absolute atomic E-state index is 0.151. The first-order chi connectivity index (χ1) is 14.5. The summed E-state index contributed by atoms with van der Waals surface area (Å²) in [5, 5.41) is 12.4. The summed E-state index contributed by atoms with van der Waals surface area (Å²) in [5.74, 6) is 0.266. The van der Waals surface area contributed by atoms with Gasteiger partial charge < -0.3 is 9.84 Å². The van der Waals surface area contributed by atoms with Crippen LogP contribution in [0.5, 0.6) is 0 Å². The van der Waals surface area contributed by atoms with Crippen LogP contribution >= 0.6 is 0 Å². The van der Waals surface area contributed by atoms with Crippen LogP contribution in [0.25, 0.3) is 16.8 Å². The number of para-hydroxylation sites is 1. The number of carbonyl (C=O) groups excluding carboxylic acids is 1. The van der Waals surface area contributed by atoms with Crippen LogP contribution in [0.2, 0.25) is 0 Å². The van der Waals surface area contributed by atoms with Crippen molar-refractivity contribution in [2.75, 3.05) is 0 Å². The molecule has 1 aliphatic carbocycles. The highest BCUT2D eigenvalue weighted by molar-refractivity contribution is 6.06. The highest BCUT2D eigenvalue weighted by Crippen LogP contribution is 2.40. The van der Waals surface area contributed by atoms with E-state index in [0.29, 0.717) is 34.8 Å². The molecule has 0 spiro atoms. The molecule has 0 unspecified atom stereocenters. The first kappa shape index (κ1) is 18.5. The number of nitrogens with one attached hydrogen (secondary N) is 1. The number of fused-ring (bicyclic) bond motifs is 1. The van der Waals surface area contributed by atoms with E-state index in [0.717, 1.165) is 41.2 Å². The number of benzene rings is 1. The summed E-state index contributed by atoms with van der Waals surface area (Å²) in [7, 11) is 0. The van der Waals surface area contributed by atoms with E-state index >= 15 is 0 Å². The zero-order valence-electron chi connectivity index (χ0n) is 17.3. The number of nitrogens with zero attached hydrogens (tertiary/aromatic N) is 4. The lowest BCUT2D eigenvalue weighted by molar-refractivity contribution is 0.0952. The molecule has 1 aromatic carbocycles. The van der Waals surface area contributed by atoms with Gasteiger partial charge in [-0.25, -0.2) is 9.67 Å². The van der Waals surface area contributed by atoms with Gasteiger partial charge in [-0.1, -0.05) is 23.4 Å². The molecule has 3 heterocycles. The molecule has 1 aliphatic rings. The van der Waals surface area contributed by atoms with Crippen molar-refractivity contribution < 1.29 is 9.32 Å². The van der Waals surface area contributed by atoms with Gasteiger partial charge in [-0.05, 0) is 51.8 Å². The first-order valence-electron chi connectivity index (χ1n) is 10.2. The average molecular weight is 401 g/mol. The van der Waals surface area contributed by atoms with Gasteiger partial charge in [-0.15, -0.1) is 0 Å². The second-order valence-electron chi connectivity index (χ2n) is 7.90. The van der Waals surface area contributed by atoms with E-state index < -0.39 is 0 Å². The maximum Gasteiger partial charge on any atom is 0.259 e. The Hall–Kier alpha value is -3.48. The fourth-order valence-corrected chi connectivity index (χ4v) is 3.90. The second kappa shape index (κ2) is 7.09. The molecule has 0 atom stereocenters. The number of aromatic nitrogens is 4. The molecule has 0 saturated heterocycles. The Balaban J connectivity index is 1.44. The Morgan fingerprint density at radius 1 is 1.17 bits per heavy atom. The van der Waals surface area contributed by atoms with Crippen molar-refractivity contribution in [3.8, 4) is 5.69 Å². The number of hydrogen-bond acceptors (Lipinski definition) is 5. The van der Waals surface area contributed by atoms with Gasteiger partial charge in [0.25, 0.3) is 11.6 Å². The number of aryl methyl sites for hydroxylation is 2. The molecule has 7 nitrogen and oxygen atoms in total. The van der Waals surface area contributed by atoms with Gasteiger partial charge >= 0.3 is 0 Å². The SMILES string of the molecule is Cc1nn(-c2ccccc2)c(C)c1CNC(=O)c1cc(C2CC2)nc2onc(C)c12. The molecule has 1 amide bonds. The van der Waals surface area contributed by atoms with E-state index in [-0.39, 0.29) is 5.91 Å². The van der Waals surface area contributed by atoms with Crippen LogP contribution < -0.4 is 5.32 Å². The molecule has 7 heteroatoms. The quantitative estimate of drug-likeness (QED) is 0.543. The maximum absolute atomic E-state index is 13.1. The summed E-state index contributed by atoms with van der Waals surface area (Å²) in [6, 6.07) is 11.9. The maximum atomic E-state index is 13.1. The molecular formula is C23H23N5O2. The number of pyridine rings is 1. The normalized spacial score (nSPS) is 13.7. The molecule has 4 aromatic rings. The number of carbonyl (C=O) groups is 1. The standard InChI is InChI=1S/C23H23N5O2/c1-13-19(15(3)28(26-13)17-7-5-4-6-8-17)12-24-22(29)18-11-20(16-9-10-16)25-23-21(18)14(2)27-30-23/h4-8,11,16H,9-10,12H2,1-3H3,(H,24,29). The minimum Gasteiger partial charge on any atom is -0.348 e. The van der Waals surface area contributed by atoms with Crippen molar-refractivity contribution in [3.05, 3.63) is 70.3 Å². The first-order valence-corrected chi connectivity index (χ1v) is 10.2.